The second-order valence-corrected chi connectivity index (χ2v) is 4.22. The van der Waals surface area contributed by atoms with Crippen LogP contribution in [-0.4, -0.2) is 24.2 Å². The average Bonchev–Trinajstić information content (AvgIpc) is 2.34. The first kappa shape index (κ1) is 11.9. The molecule has 0 spiro atoms. The van der Waals surface area contributed by atoms with Crippen LogP contribution in [0.3, 0.4) is 0 Å². The van der Waals surface area contributed by atoms with Gasteiger partial charge in [0.15, 0.2) is 0 Å². The van der Waals surface area contributed by atoms with Crippen LogP contribution >= 0.6 is 0 Å². The number of anilines is 1. The van der Waals surface area contributed by atoms with Crippen molar-refractivity contribution >= 4 is 16.6 Å². The third-order valence-corrected chi connectivity index (χ3v) is 2.52. The molecule has 1 aromatic carbocycles. The molecule has 1 heterocycles. The number of para-hydroxylation sites is 1. The van der Waals surface area contributed by atoms with E-state index in [4.69, 9.17) is 4.74 Å². The van der Waals surface area contributed by atoms with Crippen molar-refractivity contribution in [3.63, 3.8) is 0 Å². The Morgan fingerprint density at radius 3 is 2.88 bits per heavy atom. The van der Waals surface area contributed by atoms with Crippen LogP contribution in [0, 0.1) is 0 Å². The molecule has 0 amide bonds. The summed E-state index contributed by atoms with van der Waals surface area (Å²) in [4.78, 5) is 4.33. The number of fused-ring (bicyclic) bond motifs is 1. The molecular weight excluding hydrogens is 212 g/mol. The second-order valence-electron chi connectivity index (χ2n) is 4.22. The third kappa shape index (κ3) is 3.17. The van der Waals surface area contributed by atoms with Crippen molar-refractivity contribution in [1.29, 1.82) is 0 Å². The number of ether oxygens (including phenoxy) is 1. The highest BCUT2D eigenvalue weighted by atomic mass is 16.5. The summed E-state index contributed by atoms with van der Waals surface area (Å²) in [7, 11) is 0. The Labute approximate surface area is 102 Å². The van der Waals surface area contributed by atoms with Gasteiger partial charge in [-0.15, -0.1) is 0 Å². The summed E-state index contributed by atoms with van der Waals surface area (Å²) in [5.74, 6) is 0. The van der Waals surface area contributed by atoms with E-state index in [0.717, 1.165) is 23.1 Å². The Morgan fingerprint density at radius 1 is 1.24 bits per heavy atom. The van der Waals surface area contributed by atoms with E-state index in [2.05, 4.69) is 16.4 Å². The van der Waals surface area contributed by atoms with E-state index >= 15 is 0 Å². The quantitative estimate of drug-likeness (QED) is 0.801. The van der Waals surface area contributed by atoms with Crippen LogP contribution in [0.25, 0.3) is 10.9 Å². The van der Waals surface area contributed by atoms with Crippen LogP contribution in [-0.2, 0) is 4.74 Å². The Balaban J connectivity index is 2.03. The molecule has 2 rings (SSSR count). The maximum Gasteiger partial charge on any atom is 0.0722 e. The van der Waals surface area contributed by atoms with Gasteiger partial charge in [0.1, 0.15) is 0 Å². The maximum absolute atomic E-state index is 5.50. The van der Waals surface area contributed by atoms with E-state index in [1.54, 1.807) is 0 Å². The highest BCUT2D eigenvalue weighted by molar-refractivity contribution is 5.90. The molecule has 0 radical (unpaired) electrons. The average molecular weight is 230 g/mol. The van der Waals surface area contributed by atoms with Gasteiger partial charge >= 0.3 is 0 Å². The minimum Gasteiger partial charge on any atom is -0.382 e. The van der Waals surface area contributed by atoms with Gasteiger partial charge in [-0.1, -0.05) is 18.2 Å². The van der Waals surface area contributed by atoms with Crippen molar-refractivity contribution in [1.82, 2.24) is 4.98 Å². The van der Waals surface area contributed by atoms with E-state index in [-0.39, 0.29) is 6.10 Å². The summed E-state index contributed by atoms with van der Waals surface area (Å²) in [6.45, 7) is 5.62. The second kappa shape index (κ2) is 5.64. The maximum atomic E-state index is 5.50. The number of rotatable bonds is 5. The minimum absolute atomic E-state index is 0.283. The minimum atomic E-state index is 0.283. The smallest absolute Gasteiger partial charge is 0.0722 e. The number of nitrogens with zero attached hydrogens (tertiary/aromatic N) is 1. The van der Waals surface area contributed by atoms with Crippen molar-refractivity contribution in [2.24, 2.45) is 0 Å². The van der Waals surface area contributed by atoms with Crippen LogP contribution in [0.15, 0.2) is 36.5 Å². The van der Waals surface area contributed by atoms with Crippen molar-refractivity contribution in [2.45, 2.75) is 20.0 Å². The van der Waals surface area contributed by atoms with Crippen LogP contribution in [0.4, 0.5) is 5.69 Å². The largest absolute Gasteiger partial charge is 0.382 e. The van der Waals surface area contributed by atoms with Crippen LogP contribution in [0.1, 0.15) is 13.8 Å². The van der Waals surface area contributed by atoms with Crippen molar-refractivity contribution in [2.75, 3.05) is 18.5 Å². The summed E-state index contributed by atoms with van der Waals surface area (Å²) < 4.78 is 5.50. The Hall–Kier alpha value is -1.61. The van der Waals surface area contributed by atoms with Gasteiger partial charge in [0.25, 0.3) is 0 Å². The molecule has 3 nitrogen and oxygen atoms in total. The standard InChI is InChI=1S/C14H18N2O/c1-11(2)17-10-9-16-14-7-8-15-13-6-4-3-5-12(13)14/h3-8,11H,9-10H2,1-2H3,(H,15,16). The van der Waals surface area contributed by atoms with E-state index in [1.807, 2.05) is 44.3 Å². The van der Waals surface area contributed by atoms with Gasteiger partial charge in [-0.3, -0.25) is 4.98 Å². The lowest BCUT2D eigenvalue weighted by atomic mass is 10.2. The van der Waals surface area contributed by atoms with Crippen LogP contribution in [0.5, 0.6) is 0 Å². The van der Waals surface area contributed by atoms with Gasteiger partial charge in [0, 0.05) is 23.8 Å². The molecule has 0 fully saturated rings. The van der Waals surface area contributed by atoms with Crippen LogP contribution in [0.2, 0.25) is 0 Å². The molecular formula is C14H18N2O. The highest BCUT2D eigenvalue weighted by Crippen LogP contribution is 2.20. The molecule has 0 bridgehead atoms. The van der Waals surface area contributed by atoms with Gasteiger partial charge in [0.2, 0.25) is 0 Å². The van der Waals surface area contributed by atoms with Gasteiger partial charge < -0.3 is 10.1 Å². The number of hydrogen-bond donors (Lipinski definition) is 1. The van der Waals surface area contributed by atoms with Crippen molar-refractivity contribution in [3.05, 3.63) is 36.5 Å². The Kier molecular flexibility index (Phi) is 3.94. The monoisotopic (exact) mass is 230 g/mol. The molecule has 3 heteroatoms. The molecule has 0 atom stereocenters. The number of aromatic nitrogens is 1. The van der Waals surface area contributed by atoms with Gasteiger partial charge in [-0.05, 0) is 26.0 Å². The zero-order chi connectivity index (χ0) is 12.1. The van der Waals surface area contributed by atoms with E-state index in [1.165, 1.54) is 0 Å². The van der Waals surface area contributed by atoms with Gasteiger partial charge in [-0.2, -0.15) is 0 Å². The lowest BCUT2D eigenvalue weighted by molar-refractivity contribution is 0.0871. The van der Waals surface area contributed by atoms with Gasteiger partial charge in [-0.25, -0.2) is 0 Å². The highest BCUT2D eigenvalue weighted by Gasteiger charge is 2.00. The fraction of sp³-hybridized carbons (Fsp3) is 0.357. The summed E-state index contributed by atoms with van der Waals surface area (Å²) in [6.07, 6.45) is 2.11. The molecule has 0 unspecified atom stereocenters. The van der Waals surface area contributed by atoms with E-state index in [9.17, 15) is 0 Å². The molecule has 0 saturated carbocycles. The Bertz CT molecular complexity index is 477. The summed E-state index contributed by atoms with van der Waals surface area (Å²) in [5, 5.41) is 4.53. The molecule has 1 N–H and O–H groups in total. The summed E-state index contributed by atoms with van der Waals surface area (Å²) >= 11 is 0. The van der Waals surface area contributed by atoms with Crippen LogP contribution < -0.4 is 5.32 Å². The normalized spacial score (nSPS) is 11.0. The molecule has 90 valence electrons. The third-order valence-electron chi connectivity index (χ3n) is 2.52. The topological polar surface area (TPSA) is 34.1 Å². The molecule has 2 aromatic rings. The molecule has 0 aliphatic carbocycles. The summed E-state index contributed by atoms with van der Waals surface area (Å²) in [5.41, 5.74) is 2.13. The Morgan fingerprint density at radius 2 is 2.06 bits per heavy atom. The first-order valence-electron chi connectivity index (χ1n) is 5.96. The van der Waals surface area contributed by atoms with Crippen molar-refractivity contribution in [3.8, 4) is 0 Å². The number of nitrogens with one attached hydrogen (secondary N) is 1. The van der Waals surface area contributed by atoms with Gasteiger partial charge in [0.05, 0.1) is 18.2 Å². The van der Waals surface area contributed by atoms with E-state index < -0.39 is 0 Å². The number of benzene rings is 1. The van der Waals surface area contributed by atoms with E-state index in [0.29, 0.717) is 6.61 Å². The molecule has 1 aromatic heterocycles. The number of pyridine rings is 1. The molecule has 17 heavy (non-hydrogen) atoms. The fourth-order valence-corrected chi connectivity index (χ4v) is 1.73. The zero-order valence-electron chi connectivity index (χ0n) is 10.3. The fourth-order valence-electron chi connectivity index (χ4n) is 1.73. The molecule has 0 saturated heterocycles. The van der Waals surface area contributed by atoms with Crippen molar-refractivity contribution < 1.29 is 4.74 Å². The molecule has 0 aliphatic rings. The first-order chi connectivity index (χ1) is 8.27. The molecule has 0 aliphatic heterocycles. The zero-order valence-corrected chi connectivity index (χ0v) is 10.3. The predicted octanol–water partition coefficient (Wildman–Crippen LogP) is 3.07. The lowest BCUT2D eigenvalue weighted by Gasteiger charge is -2.11. The predicted molar refractivity (Wildman–Crippen MR) is 71.3 cm³/mol. The number of hydrogen-bond acceptors (Lipinski definition) is 3. The lowest BCUT2D eigenvalue weighted by Crippen LogP contribution is -2.13. The SMILES string of the molecule is CC(C)OCCNc1ccnc2ccccc12. The first-order valence-corrected chi connectivity index (χ1v) is 5.96. The summed E-state index contributed by atoms with van der Waals surface area (Å²) in [6, 6.07) is 10.1.